The van der Waals surface area contributed by atoms with Crippen molar-refractivity contribution in [1.29, 1.82) is 0 Å². The van der Waals surface area contributed by atoms with Gasteiger partial charge in [-0.2, -0.15) is 0 Å². The first kappa shape index (κ1) is 24.1. The number of nitrogens with zero attached hydrogens (tertiary/aromatic N) is 1. The fourth-order valence-corrected chi connectivity index (χ4v) is 7.49. The number of hydrogen-bond acceptors (Lipinski definition) is 1. The standard InChI is InChI=1S/C42H27N/c1-2-15-30(16-3-1)42(38-22-9-7-20-34(38)35-21-8-10-23-39(35)42)31-17-12-14-28(25-31)36-27-41-37(33-19-6-5-18-32(33)36)26-29-13-4-11-24-40(29)43-41/h1-27H. The lowest BCUT2D eigenvalue weighted by Gasteiger charge is -2.34. The number of benzene rings is 7. The molecule has 1 aliphatic carbocycles. The van der Waals surface area contributed by atoms with E-state index in [0.717, 1.165) is 11.0 Å². The molecule has 0 unspecified atom stereocenters. The first-order chi connectivity index (χ1) is 21.3. The van der Waals surface area contributed by atoms with Crippen molar-refractivity contribution in [2.24, 2.45) is 0 Å². The third kappa shape index (κ3) is 3.43. The van der Waals surface area contributed by atoms with Gasteiger partial charge in [-0.3, -0.25) is 0 Å². The van der Waals surface area contributed by atoms with Gasteiger partial charge in [0, 0.05) is 10.8 Å². The molecule has 0 fully saturated rings. The number of fused-ring (bicyclic) bond motifs is 7. The van der Waals surface area contributed by atoms with Gasteiger partial charge in [-0.25, -0.2) is 4.98 Å². The fourth-order valence-electron chi connectivity index (χ4n) is 7.49. The van der Waals surface area contributed by atoms with E-state index in [1.165, 1.54) is 66.1 Å². The van der Waals surface area contributed by atoms with Crippen LogP contribution >= 0.6 is 0 Å². The molecule has 1 aromatic heterocycles. The Labute approximate surface area is 250 Å². The van der Waals surface area contributed by atoms with E-state index in [0.29, 0.717) is 0 Å². The number of hydrogen-bond donors (Lipinski definition) is 0. The molecule has 43 heavy (non-hydrogen) atoms. The summed E-state index contributed by atoms with van der Waals surface area (Å²) in [6.07, 6.45) is 0. The summed E-state index contributed by atoms with van der Waals surface area (Å²) in [5.41, 5.74) is 11.8. The van der Waals surface area contributed by atoms with Crippen LogP contribution in [0.15, 0.2) is 164 Å². The average Bonchev–Trinajstić information content (AvgIpc) is 3.39. The highest BCUT2D eigenvalue weighted by molar-refractivity contribution is 6.15. The molecule has 0 spiro atoms. The minimum Gasteiger partial charge on any atom is -0.248 e. The van der Waals surface area contributed by atoms with Gasteiger partial charge in [-0.05, 0) is 79.5 Å². The van der Waals surface area contributed by atoms with Crippen molar-refractivity contribution >= 4 is 32.6 Å². The number of pyridine rings is 1. The van der Waals surface area contributed by atoms with Crippen molar-refractivity contribution in [3.63, 3.8) is 0 Å². The first-order valence-corrected chi connectivity index (χ1v) is 14.9. The second-order valence-electron chi connectivity index (χ2n) is 11.5. The molecule has 0 saturated heterocycles. The summed E-state index contributed by atoms with van der Waals surface area (Å²) in [6.45, 7) is 0. The molecule has 0 atom stereocenters. The Hall–Kier alpha value is -5.53. The first-order valence-electron chi connectivity index (χ1n) is 14.9. The van der Waals surface area contributed by atoms with Crippen LogP contribution in [-0.2, 0) is 5.41 Å². The van der Waals surface area contributed by atoms with E-state index in [-0.39, 0.29) is 0 Å². The minimum atomic E-state index is -0.425. The minimum absolute atomic E-state index is 0.425. The van der Waals surface area contributed by atoms with Crippen molar-refractivity contribution < 1.29 is 0 Å². The summed E-state index contributed by atoms with van der Waals surface area (Å²) in [4.78, 5) is 5.13. The SMILES string of the molecule is c1ccc(C2(c3cccc(-c4cc5nc6ccccc6cc5c5ccccc45)c3)c3ccccc3-c3ccccc32)cc1. The molecule has 200 valence electrons. The second-order valence-corrected chi connectivity index (χ2v) is 11.5. The summed E-state index contributed by atoms with van der Waals surface area (Å²) >= 11 is 0. The maximum absolute atomic E-state index is 5.13. The monoisotopic (exact) mass is 545 g/mol. The normalized spacial score (nSPS) is 13.3. The lowest BCUT2D eigenvalue weighted by molar-refractivity contribution is 0.769. The number of para-hydroxylation sites is 1. The quantitative estimate of drug-likeness (QED) is 0.159. The van der Waals surface area contributed by atoms with Gasteiger partial charge in [-0.15, -0.1) is 0 Å². The summed E-state index contributed by atoms with van der Waals surface area (Å²) in [5, 5.41) is 4.82. The Morgan fingerprint density at radius 1 is 0.372 bits per heavy atom. The molecular weight excluding hydrogens is 518 g/mol. The lowest BCUT2D eigenvalue weighted by Crippen LogP contribution is -2.28. The Bertz CT molecular complexity index is 2300. The molecule has 0 saturated carbocycles. The molecule has 0 radical (unpaired) electrons. The zero-order chi connectivity index (χ0) is 28.4. The van der Waals surface area contributed by atoms with E-state index < -0.39 is 5.41 Å². The highest BCUT2D eigenvalue weighted by atomic mass is 14.7. The highest BCUT2D eigenvalue weighted by Crippen LogP contribution is 2.56. The molecule has 1 heteroatoms. The van der Waals surface area contributed by atoms with Gasteiger partial charge in [0.2, 0.25) is 0 Å². The van der Waals surface area contributed by atoms with Crippen LogP contribution in [0.25, 0.3) is 54.8 Å². The molecule has 0 amide bonds. The summed E-state index contributed by atoms with van der Waals surface area (Å²) in [5.74, 6) is 0. The molecular formula is C42H27N. The summed E-state index contributed by atoms with van der Waals surface area (Å²) < 4.78 is 0. The molecule has 0 N–H and O–H groups in total. The summed E-state index contributed by atoms with van der Waals surface area (Å²) in [7, 11) is 0. The van der Waals surface area contributed by atoms with Gasteiger partial charge in [-0.1, -0.05) is 140 Å². The van der Waals surface area contributed by atoms with Crippen LogP contribution in [0.4, 0.5) is 0 Å². The van der Waals surface area contributed by atoms with Crippen LogP contribution in [0.3, 0.4) is 0 Å². The van der Waals surface area contributed by atoms with Crippen LogP contribution in [-0.4, -0.2) is 4.98 Å². The van der Waals surface area contributed by atoms with Crippen molar-refractivity contribution in [2.75, 3.05) is 0 Å². The predicted octanol–water partition coefficient (Wildman–Crippen LogP) is 10.6. The lowest BCUT2D eigenvalue weighted by atomic mass is 9.67. The van der Waals surface area contributed by atoms with Crippen LogP contribution in [0, 0.1) is 0 Å². The van der Waals surface area contributed by atoms with Crippen molar-refractivity contribution in [2.45, 2.75) is 5.41 Å². The van der Waals surface area contributed by atoms with Gasteiger partial charge in [0.15, 0.2) is 0 Å². The fraction of sp³-hybridized carbons (Fsp3) is 0.0238. The Morgan fingerprint density at radius 2 is 1.00 bits per heavy atom. The third-order valence-corrected chi connectivity index (χ3v) is 9.31. The summed E-state index contributed by atoms with van der Waals surface area (Å²) in [6, 6.07) is 59.8. The maximum atomic E-state index is 5.13. The zero-order valence-corrected chi connectivity index (χ0v) is 23.5. The molecule has 1 heterocycles. The van der Waals surface area contributed by atoms with E-state index in [4.69, 9.17) is 4.98 Å². The predicted molar refractivity (Wildman–Crippen MR) is 179 cm³/mol. The number of aromatic nitrogens is 1. The number of rotatable bonds is 3. The Balaban J connectivity index is 1.35. The van der Waals surface area contributed by atoms with E-state index in [1.54, 1.807) is 0 Å². The Kier molecular flexibility index (Phi) is 5.18. The third-order valence-electron chi connectivity index (χ3n) is 9.31. The van der Waals surface area contributed by atoms with Gasteiger partial charge in [0.05, 0.1) is 16.4 Å². The van der Waals surface area contributed by atoms with Crippen molar-refractivity contribution in [3.05, 3.63) is 186 Å². The van der Waals surface area contributed by atoms with Crippen LogP contribution < -0.4 is 0 Å². The molecule has 1 nitrogen and oxygen atoms in total. The molecule has 7 aromatic carbocycles. The molecule has 1 aliphatic rings. The molecule has 0 aliphatic heterocycles. The van der Waals surface area contributed by atoms with Crippen molar-refractivity contribution in [3.8, 4) is 22.3 Å². The smallest absolute Gasteiger partial charge is 0.0722 e. The zero-order valence-electron chi connectivity index (χ0n) is 23.5. The Morgan fingerprint density at radius 3 is 1.79 bits per heavy atom. The largest absolute Gasteiger partial charge is 0.248 e. The van der Waals surface area contributed by atoms with Crippen LogP contribution in [0.5, 0.6) is 0 Å². The molecule has 9 rings (SSSR count). The maximum Gasteiger partial charge on any atom is 0.0722 e. The molecule has 8 aromatic rings. The highest BCUT2D eigenvalue weighted by Gasteiger charge is 2.45. The van der Waals surface area contributed by atoms with E-state index in [2.05, 4.69) is 164 Å². The molecule has 0 bridgehead atoms. The average molecular weight is 546 g/mol. The second kappa shape index (κ2) is 9.24. The van der Waals surface area contributed by atoms with Crippen LogP contribution in [0.2, 0.25) is 0 Å². The van der Waals surface area contributed by atoms with E-state index in [9.17, 15) is 0 Å². The van der Waals surface area contributed by atoms with E-state index >= 15 is 0 Å². The van der Waals surface area contributed by atoms with Gasteiger partial charge >= 0.3 is 0 Å². The van der Waals surface area contributed by atoms with E-state index in [1.807, 2.05) is 0 Å². The van der Waals surface area contributed by atoms with Gasteiger partial charge < -0.3 is 0 Å². The van der Waals surface area contributed by atoms with Crippen molar-refractivity contribution in [1.82, 2.24) is 4.98 Å². The van der Waals surface area contributed by atoms with Crippen LogP contribution in [0.1, 0.15) is 22.3 Å². The topological polar surface area (TPSA) is 12.9 Å². The van der Waals surface area contributed by atoms with Gasteiger partial charge in [0.1, 0.15) is 0 Å². The van der Waals surface area contributed by atoms with Gasteiger partial charge in [0.25, 0.3) is 0 Å².